The second kappa shape index (κ2) is 12.7. The van der Waals surface area contributed by atoms with Crippen molar-refractivity contribution in [1.29, 1.82) is 0 Å². The first-order valence-corrected chi connectivity index (χ1v) is 9.54. The van der Waals surface area contributed by atoms with Crippen molar-refractivity contribution in [3.63, 3.8) is 0 Å². The normalized spacial score (nSPS) is 25.4. The molecule has 0 bridgehead atoms. The third-order valence-corrected chi connectivity index (χ3v) is 5.33. The molecule has 0 amide bonds. The van der Waals surface area contributed by atoms with E-state index in [2.05, 4.69) is 19.1 Å². The Kier molecular flexibility index (Phi) is 12.0. The summed E-state index contributed by atoms with van der Waals surface area (Å²) in [6.07, 6.45) is 7.15. The number of aliphatic hydroxyl groups is 1. The molecule has 3 nitrogen and oxygen atoms in total. The number of aliphatic hydroxyl groups excluding tert-OH is 1. The van der Waals surface area contributed by atoms with Crippen LogP contribution in [-0.4, -0.2) is 30.3 Å². The molecule has 1 aromatic rings. The van der Waals surface area contributed by atoms with Crippen LogP contribution in [0.2, 0.25) is 5.02 Å². The summed E-state index contributed by atoms with van der Waals surface area (Å²) in [5, 5.41) is 10.9. The van der Waals surface area contributed by atoms with Crippen LogP contribution in [0.5, 0.6) is 5.75 Å². The Balaban J connectivity index is 0.00000338. The molecule has 0 heterocycles. The Labute approximate surface area is 192 Å². The molecule has 1 aliphatic rings. The molecule has 6 heteroatoms. The van der Waals surface area contributed by atoms with Crippen LogP contribution in [0.3, 0.4) is 0 Å². The van der Waals surface area contributed by atoms with Gasteiger partial charge in [0.1, 0.15) is 5.75 Å². The van der Waals surface area contributed by atoms with E-state index in [-0.39, 0.29) is 49.9 Å². The van der Waals surface area contributed by atoms with Crippen molar-refractivity contribution >= 4 is 23.2 Å². The van der Waals surface area contributed by atoms with E-state index in [1.807, 2.05) is 12.1 Å². The fourth-order valence-electron chi connectivity index (χ4n) is 3.33. The van der Waals surface area contributed by atoms with Crippen LogP contribution in [0, 0.1) is 18.8 Å². The number of halogens is 2. The zero-order valence-corrected chi connectivity index (χ0v) is 19.6. The number of alkyl halides is 1. The molecule has 26 heavy (non-hydrogen) atoms. The topological polar surface area (TPSA) is 38.7 Å². The Morgan fingerprint density at radius 3 is 2.73 bits per heavy atom. The van der Waals surface area contributed by atoms with Gasteiger partial charge in [-0.15, -0.1) is 11.6 Å². The first-order chi connectivity index (χ1) is 12.0. The molecule has 0 unspecified atom stereocenters. The van der Waals surface area contributed by atoms with Crippen LogP contribution in [0.25, 0.3) is 0 Å². The fourth-order valence-corrected chi connectivity index (χ4v) is 4.05. The first kappa shape index (κ1) is 24.4. The summed E-state index contributed by atoms with van der Waals surface area (Å²) in [4.78, 5) is 0. The maximum atomic E-state index is 10.4. The summed E-state index contributed by atoms with van der Waals surface area (Å²) in [5.74, 6) is 0.906. The van der Waals surface area contributed by atoms with Gasteiger partial charge in [-0.2, -0.15) is 6.42 Å². The van der Waals surface area contributed by atoms with Crippen LogP contribution in [0.15, 0.2) is 30.4 Å². The predicted octanol–water partition coefficient (Wildman–Crippen LogP) is 5.03. The van der Waals surface area contributed by atoms with E-state index in [0.29, 0.717) is 30.4 Å². The average Bonchev–Trinajstić information content (AvgIpc) is 2.83. The molecule has 1 aromatic carbocycles. The van der Waals surface area contributed by atoms with Gasteiger partial charge in [0.05, 0.1) is 19.3 Å². The molecule has 2 rings (SSSR count). The number of allylic oxidation sites excluding steroid dienone is 2. The van der Waals surface area contributed by atoms with E-state index < -0.39 is 6.10 Å². The fraction of sp³-hybridized carbons (Fsp3) is 0.550. The molecular formula is C20H27Cl2O3Y-. The van der Waals surface area contributed by atoms with Crippen molar-refractivity contribution < 1.29 is 47.3 Å². The van der Waals surface area contributed by atoms with Crippen molar-refractivity contribution in [1.82, 2.24) is 0 Å². The van der Waals surface area contributed by atoms with E-state index in [0.717, 1.165) is 24.8 Å². The van der Waals surface area contributed by atoms with E-state index in [4.69, 9.17) is 32.7 Å². The van der Waals surface area contributed by atoms with Gasteiger partial charge in [0.25, 0.3) is 0 Å². The van der Waals surface area contributed by atoms with Gasteiger partial charge in [0.2, 0.25) is 0 Å². The third-order valence-electron chi connectivity index (χ3n) is 4.61. The van der Waals surface area contributed by atoms with Crippen LogP contribution < -0.4 is 4.74 Å². The van der Waals surface area contributed by atoms with Crippen molar-refractivity contribution in [2.24, 2.45) is 11.8 Å². The first-order valence-electron chi connectivity index (χ1n) is 8.72. The maximum absolute atomic E-state index is 10.4. The molecule has 0 saturated heterocycles. The van der Waals surface area contributed by atoms with Crippen LogP contribution >= 0.6 is 23.2 Å². The van der Waals surface area contributed by atoms with Gasteiger partial charge in [-0.3, -0.25) is 0 Å². The molecule has 143 valence electrons. The summed E-state index contributed by atoms with van der Waals surface area (Å²) in [6, 6.07) is 5.55. The summed E-state index contributed by atoms with van der Waals surface area (Å²) in [6.45, 7) is 4.73. The number of ether oxygens (including phenoxy) is 2. The number of unbranched alkanes of at least 4 members (excludes halogenated alkanes) is 1. The van der Waals surface area contributed by atoms with E-state index >= 15 is 0 Å². The molecule has 0 aliphatic heterocycles. The summed E-state index contributed by atoms with van der Waals surface area (Å²) in [5.41, 5.74) is 0.958. The Hall–Kier alpha value is 0.364. The molecule has 1 fully saturated rings. The second-order valence-electron chi connectivity index (χ2n) is 6.54. The van der Waals surface area contributed by atoms with E-state index in [1.165, 1.54) is 0 Å². The van der Waals surface area contributed by atoms with Gasteiger partial charge < -0.3 is 21.5 Å². The number of benzene rings is 1. The third kappa shape index (κ3) is 7.41. The van der Waals surface area contributed by atoms with E-state index in [1.54, 1.807) is 13.2 Å². The smallest absolute Gasteiger partial charge is 0.121 e. The molecule has 0 spiro atoms. The van der Waals surface area contributed by atoms with Crippen molar-refractivity contribution in [2.45, 2.75) is 43.8 Å². The second-order valence-corrected chi connectivity index (χ2v) is 7.53. The monoisotopic (exact) mass is 474 g/mol. The molecule has 1 aliphatic carbocycles. The minimum absolute atomic E-state index is 0. The molecule has 1 N–H and O–H groups in total. The zero-order valence-electron chi connectivity index (χ0n) is 15.2. The summed E-state index contributed by atoms with van der Waals surface area (Å²) >= 11 is 12.6. The standard InChI is InChI=1S/C20H27Cl2O3.Y/c1-3-4-5-6-7-17-18(20(23)11-19(17)22)13-25-16-9-14(12-24-2)8-15(21)10-16;/h5-6,8-10,17-20,23H,1,3-4,7,11-13H2,2H3;/q-1;/b6-5-;/t17-,18-,19-,20-;/m1./s1. The van der Waals surface area contributed by atoms with Gasteiger partial charge in [-0.05, 0) is 42.5 Å². The van der Waals surface area contributed by atoms with Gasteiger partial charge in [0.15, 0.2) is 0 Å². The predicted molar refractivity (Wildman–Crippen MR) is 103 cm³/mol. The Bertz CT molecular complexity index is 568. The molecule has 1 saturated carbocycles. The van der Waals surface area contributed by atoms with Gasteiger partial charge in [0, 0.05) is 56.1 Å². The van der Waals surface area contributed by atoms with E-state index in [9.17, 15) is 5.11 Å². The number of methoxy groups -OCH3 is 1. The zero-order chi connectivity index (χ0) is 18.2. The van der Waals surface area contributed by atoms with Gasteiger partial charge >= 0.3 is 0 Å². The molecular weight excluding hydrogens is 448 g/mol. The average molecular weight is 475 g/mol. The van der Waals surface area contributed by atoms with Crippen LogP contribution in [-0.2, 0) is 44.1 Å². The number of hydrogen-bond donors (Lipinski definition) is 1. The number of rotatable bonds is 9. The van der Waals surface area contributed by atoms with Crippen molar-refractivity contribution in [3.05, 3.63) is 47.9 Å². The van der Waals surface area contributed by atoms with Crippen LogP contribution in [0.4, 0.5) is 0 Å². The molecule has 1 radical (unpaired) electrons. The SMILES string of the molecule is [CH2-]CC/C=C\C[C@@H]1[C@@H](COc2cc(Cl)cc(COC)c2)[C@H](O)C[C@H]1Cl.[Y]. The minimum atomic E-state index is -0.439. The Morgan fingerprint density at radius 1 is 1.27 bits per heavy atom. The van der Waals surface area contributed by atoms with Crippen molar-refractivity contribution in [3.8, 4) is 5.75 Å². The molecule has 4 atom stereocenters. The molecule has 0 aromatic heterocycles. The summed E-state index contributed by atoms with van der Waals surface area (Å²) < 4.78 is 11.1. The van der Waals surface area contributed by atoms with Gasteiger partial charge in [-0.1, -0.05) is 30.2 Å². The quantitative estimate of drug-likeness (QED) is 0.310. The maximum Gasteiger partial charge on any atom is 0.121 e. The van der Waals surface area contributed by atoms with Gasteiger partial charge in [-0.25, -0.2) is 0 Å². The Morgan fingerprint density at radius 2 is 2.04 bits per heavy atom. The minimum Gasteiger partial charge on any atom is -0.493 e. The summed E-state index contributed by atoms with van der Waals surface area (Å²) in [7, 11) is 1.64. The van der Waals surface area contributed by atoms with Crippen LogP contribution in [0.1, 0.15) is 31.2 Å². The van der Waals surface area contributed by atoms with Crippen molar-refractivity contribution in [2.75, 3.05) is 13.7 Å². The number of hydrogen-bond acceptors (Lipinski definition) is 3. The largest absolute Gasteiger partial charge is 0.493 e.